The second-order valence-corrected chi connectivity index (χ2v) is 7.53. The molecule has 1 aliphatic rings. The minimum atomic E-state index is -0.0154. The zero-order chi connectivity index (χ0) is 20.8. The Morgan fingerprint density at radius 3 is 2.63 bits per heavy atom. The summed E-state index contributed by atoms with van der Waals surface area (Å²) in [6.45, 7) is 5.75. The standard InChI is InChI=1S/C23H28N4O3/c1-29-19-9-7-18(8-10-19)27-15-13-26(14-16-27)12-4-11-24-23(28)17-21-20-5-2-3-6-22(20)30-25-21/h2-3,5-10H,4,11-17H2,1H3,(H,24,28). The molecule has 2 aromatic carbocycles. The number of ether oxygens (including phenoxy) is 1. The van der Waals surface area contributed by atoms with Gasteiger partial charge in [0.25, 0.3) is 0 Å². The van der Waals surface area contributed by atoms with E-state index in [1.165, 1.54) is 5.69 Å². The molecule has 4 rings (SSSR count). The molecule has 1 saturated heterocycles. The molecule has 0 unspecified atom stereocenters. The number of para-hydroxylation sites is 1. The summed E-state index contributed by atoms with van der Waals surface area (Å²) in [5.74, 6) is 0.870. The summed E-state index contributed by atoms with van der Waals surface area (Å²) in [6, 6.07) is 15.9. The van der Waals surface area contributed by atoms with E-state index < -0.39 is 0 Å². The number of carbonyl (C=O) groups excluding carboxylic acids is 1. The first-order valence-corrected chi connectivity index (χ1v) is 10.4. The number of piperazine rings is 1. The summed E-state index contributed by atoms with van der Waals surface area (Å²) in [5.41, 5.74) is 2.65. The minimum Gasteiger partial charge on any atom is -0.497 e. The summed E-state index contributed by atoms with van der Waals surface area (Å²) >= 11 is 0. The van der Waals surface area contributed by atoms with Crippen LogP contribution in [0.4, 0.5) is 5.69 Å². The molecule has 30 heavy (non-hydrogen) atoms. The number of anilines is 1. The first-order valence-electron chi connectivity index (χ1n) is 10.4. The molecule has 0 atom stereocenters. The number of hydrogen-bond donors (Lipinski definition) is 1. The van der Waals surface area contributed by atoms with Gasteiger partial charge in [-0.3, -0.25) is 9.69 Å². The highest BCUT2D eigenvalue weighted by atomic mass is 16.5. The van der Waals surface area contributed by atoms with Crippen molar-refractivity contribution in [2.75, 3.05) is 51.3 Å². The number of fused-ring (bicyclic) bond motifs is 1. The number of aromatic nitrogens is 1. The fourth-order valence-electron chi connectivity index (χ4n) is 3.83. The van der Waals surface area contributed by atoms with Crippen molar-refractivity contribution in [1.82, 2.24) is 15.4 Å². The van der Waals surface area contributed by atoms with Gasteiger partial charge in [0.05, 0.1) is 13.5 Å². The first-order chi connectivity index (χ1) is 14.7. The lowest BCUT2D eigenvalue weighted by Crippen LogP contribution is -2.47. The van der Waals surface area contributed by atoms with Crippen LogP contribution in [0.1, 0.15) is 12.1 Å². The van der Waals surface area contributed by atoms with Crippen molar-refractivity contribution in [2.24, 2.45) is 0 Å². The fourth-order valence-corrected chi connectivity index (χ4v) is 3.83. The van der Waals surface area contributed by atoms with Gasteiger partial charge >= 0.3 is 0 Å². The summed E-state index contributed by atoms with van der Waals surface area (Å²) in [5, 5.41) is 7.93. The third-order valence-electron chi connectivity index (χ3n) is 5.56. The fraction of sp³-hybridized carbons (Fsp3) is 0.391. The second kappa shape index (κ2) is 9.63. The molecule has 0 spiro atoms. The lowest BCUT2D eigenvalue weighted by atomic mass is 10.1. The van der Waals surface area contributed by atoms with Gasteiger partial charge < -0.3 is 19.5 Å². The number of benzene rings is 2. The third kappa shape index (κ3) is 4.91. The van der Waals surface area contributed by atoms with Crippen molar-refractivity contribution in [3.8, 4) is 5.75 Å². The van der Waals surface area contributed by atoms with E-state index in [1.807, 2.05) is 36.4 Å². The monoisotopic (exact) mass is 408 g/mol. The predicted octanol–water partition coefficient (Wildman–Crippen LogP) is 2.71. The van der Waals surface area contributed by atoms with Gasteiger partial charge in [0, 0.05) is 43.8 Å². The van der Waals surface area contributed by atoms with Gasteiger partial charge in [-0.1, -0.05) is 17.3 Å². The van der Waals surface area contributed by atoms with E-state index in [2.05, 4.69) is 32.4 Å². The van der Waals surface area contributed by atoms with E-state index in [-0.39, 0.29) is 12.3 Å². The van der Waals surface area contributed by atoms with E-state index in [9.17, 15) is 4.79 Å². The van der Waals surface area contributed by atoms with Crippen LogP contribution in [0.3, 0.4) is 0 Å². The van der Waals surface area contributed by atoms with Gasteiger partial charge in [-0.25, -0.2) is 0 Å². The number of methoxy groups -OCH3 is 1. The molecule has 1 amide bonds. The number of hydrogen-bond acceptors (Lipinski definition) is 6. The molecule has 0 radical (unpaired) electrons. The average molecular weight is 409 g/mol. The topological polar surface area (TPSA) is 70.8 Å². The quantitative estimate of drug-likeness (QED) is 0.578. The Balaban J connectivity index is 1.14. The van der Waals surface area contributed by atoms with Crippen molar-refractivity contribution in [3.05, 3.63) is 54.2 Å². The van der Waals surface area contributed by atoms with Crippen LogP contribution in [0, 0.1) is 0 Å². The smallest absolute Gasteiger partial charge is 0.226 e. The van der Waals surface area contributed by atoms with Crippen LogP contribution in [0.5, 0.6) is 5.75 Å². The second-order valence-electron chi connectivity index (χ2n) is 7.53. The van der Waals surface area contributed by atoms with Crippen molar-refractivity contribution in [3.63, 3.8) is 0 Å². The van der Waals surface area contributed by atoms with E-state index in [0.29, 0.717) is 17.8 Å². The number of nitrogens with one attached hydrogen (secondary N) is 1. The van der Waals surface area contributed by atoms with Crippen LogP contribution in [0.25, 0.3) is 11.0 Å². The Kier molecular flexibility index (Phi) is 6.49. The maximum Gasteiger partial charge on any atom is 0.226 e. The van der Waals surface area contributed by atoms with Crippen LogP contribution in [0.15, 0.2) is 53.1 Å². The zero-order valence-electron chi connectivity index (χ0n) is 17.3. The Bertz CT molecular complexity index is 962. The largest absolute Gasteiger partial charge is 0.497 e. The molecule has 1 aromatic heterocycles. The van der Waals surface area contributed by atoms with Crippen LogP contribution >= 0.6 is 0 Å². The Hall–Kier alpha value is -3.06. The highest BCUT2D eigenvalue weighted by Gasteiger charge is 2.17. The van der Waals surface area contributed by atoms with Crippen molar-refractivity contribution >= 4 is 22.6 Å². The van der Waals surface area contributed by atoms with E-state index in [1.54, 1.807) is 7.11 Å². The van der Waals surface area contributed by atoms with Crippen LogP contribution in [-0.4, -0.2) is 62.3 Å². The number of carbonyl (C=O) groups is 1. The van der Waals surface area contributed by atoms with Crippen LogP contribution in [-0.2, 0) is 11.2 Å². The molecule has 3 aromatic rings. The van der Waals surface area contributed by atoms with Gasteiger partial charge in [-0.05, 0) is 49.4 Å². The molecule has 7 heteroatoms. The Labute approximate surface area is 176 Å². The molecule has 1 N–H and O–H groups in total. The SMILES string of the molecule is COc1ccc(N2CCN(CCCNC(=O)Cc3noc4ccccc34)CC2)cc1. The van der Waals surface area contributed by atoms with E-state index >= 15 is 0 Å². The van der Waals surface area contributed by atoms with Gasteiger partial charge in [0.1, 0.15) is 11.4 Å². The number of rotatable bonds is 8. The first kappa shape index (κ1) is 20.2. The predicted molar refractivity (Wildman–Crippen MR) is 117 cm³/mol. The molecule has 0 aliphatic carbocycles. The van der Waals surface area contributed by atoms with Crippen LogP contribution < -0.4 is 15.0 Å². The molecule has 0 bridgehead atoms. The van der Waals surface area contributed by atoms with Gasteiger partial charge in [-0.15, -0.1) is 0 Å². The summed E-state index contributed by atoms with van der Waals surface area (Å²) in [7, 11) is 1.69. The summed E-state index contributed by atoms with van der Waals surface area (Å²) in [4.78, 5) is 17.1. The minimum absolute atomic E-state index is 0.0154. The van der Waals surface area contributed by atoms with Crippen molar-refractivity contribution in [2.45, 2.75) is 12.8 Å². The van der Waals surface area contributed by atoms with Gasteiger partial charge in [-0.2, -0.15) is 0 Å². The van der Waals surface area contributed by atoms with Gasteiger partial charge in [0.2, 0.25) is 5.91 Å². The Morgan fingerprint density at radius 2 is 1.87 bits per heavy atom. The summed E-state index contributed by atoms with van der Waals surface area (Å²) in [6.07, 6.45) is 1.19. The highest BCUT2D eigenvalue weighted by molar-refractivity contribution is 5.86. The summed E-state index contributed by atoms with van der Waals surface area (Å²) < 4.78 is 10.5. The van der Waals surface area contributed by atoms with Crippen molar-refractivity contribution in [1.29, 1.82) is 0 Å². The molecule has 0 saturated carbocycles. The number of nitrogens with zero attached hydrogens (tertiary/aromatic N) is 3. The molecule has 1 aliphatic heterocycles. The lowest BCUT2D eigenvalue weighted by molar-refractivity contribution is -0.120. The lowest BCUT2D eigenvalue weighted by Gasteiger charge is -2.36. The average Bonchev–Trinajstić information content (AvgIpc) is 3.20. The molecule has 7 nitrogen and oxygen atoms in total. The van der Waals surface area contributed by atoms with E-state index in [4.69, 9.17) is 9.26 Å². The van der Waals surface area contributed by atoms with Gasteiger partial charge in [0.15, 0.2) is 5.58 Å². The zero-order valence-corrected chi connectivity index (χ0v) is 17.3. The maximum atomic E-state index is 12.2. The third-order valence-corrected chi connectivity index (χ3v) is 5.56. The molecular weight excluding hydrogens is 380 g/mol. The Morgan fingerprint density at radius 1 is 1.10 bits per heavy atom. The molecule has 158 valence electrons. The van der Waals surface area contributed by atoms with E-state index in [0.717, 1.165) is 50.3 Å². The highest BCUT2D eigenvalue weighted by Crippen LogP contribution is 2.20. The van der Waals surface area contributed by atoms with Crippen molar-refractivity contribution < 1.29 is 14.1 Å². The number of amides is 1. The molecule has 2 heterocycles. The molecular formula is C23H28N4O3. The maximum absolute atomic E-state index is 12.2. The normalized spacial score (nSPS) is 14.8. The molecule has 1 fully saturated rings. The van der Waals surface area contributed by atoms with Crippen LogP contribution in [0.2, 0.25) is 0 Å².